The van der Waals surface area contributed by atoms with E-state index in [1.165, 1.54) is 7.11 Å². The molecule has 2 aliphatic heterocycles. The van der Waals surface area contributed by atoms with Crippen LogP contribution >= 0.6 is 31.9 Å². The van der Waals surface area contributed by atoms with Gasteiger partial charge < -0.3 is 14.7 Å². The van der Waals surface area contributed by atoms with Crippen LogP contribution in [-0.4, -0.2) is 65.6 Å². The van der Waals surface area contributed by atoms with Crippen molar-refractivity contribution in [3.05, 3.63) is 26.6 Å². The van der Waals surface area contributed by atoms with Gasteiger partial charge in [-0.05, 0) is 88.2 Å². The topological polar surface area (TPSA) is 70.1 Å². The number of carbonyl (C=O) groups excluding carboxylic acids is 2. The lowest BCUT2D eigenvalue weighted by atomic mass is 9.93. The molecular formula is C22H30Br2N2O4. The van der Waals surface area contributed by atoms with E-state index in [2.05, 4.69) is 36.8 Å². The molecule has 2 fully saturated rings. The number of phenolic OH excluding ortho intramolecular Hbond substituents is 1. The Bertz CT molecular complexity index is 757. The number of likely N-dealkylation sites (tertiary alicyclic amines) is 2. The molecule has 1 amide bonds. The first-order valence-corrected chi connectivity index (χ1v) is 12.2. The minimum atomic E-state index is -0.138. The summed E-state index contributed by atoms with van der Waals surface area (Å²) < 4.78 is 6.25. The van der Waals surface area contributed by atoms with E-state index in [0.717, 1.165) is 57.3 Å². The summed E-state index contributed by atoms with van der Waals surface area (Å²) in [6.45, 7) is 4.34. The smallest absolute Gasteiger partial charge is 0.323 e. The molecule has 2 atom stereocenters. The SMILES string of the molecule is COC(=O)[C@@H]1CCCCN1C1CCN(C(=O)[C@H](C)Cc2cc(Br)c(O)c(Br)c2)CC1. The van der Waals surface area contributed by atoms with Crippen molar-refractivity contribution in [2.75, 3.05) is 26.7 Å². The average Bonchev–Trinajstić information content (AvgIpc) is 2.76. The van der Waals surface area contributed by atoms with Crippen molar-refractivity contribution in [2.24, 2.45) is 5.92 Å². The van der Waals surface area contributed by atoms with Crippen molar-refractivity contribution in [1.29, 1.82) is 0 Å². The Morgan fingerprint density at radius 2 is 1.77 bits per heavy atom. The second kappa shape index (κ2) is 10.5. The predicted molar refractivity (Wildman–Crippen MR) is 122 cm³/mol. The van der Waals surface area contributed by atoms with Crippen LogP contribution in [0.5, 0.6) is 5.75 Å². The molecule has 8 heteroatoms. The molecule has 1 aromatic rings. The number of esters is 1. The van der Waals surface area contributed by atoms with Crippen molar-refractivity contribution < 1.29 is 19.4 Å². The summed E-state index contributed by atoms with van der Waals surface area (Å²) in [5.41, 5.74) is 0.997. The van der Waals surface area contributed by atoms with Crippen molar-refractivity contribution >= 4 is 43.7 Å². The van der Waals surface area contributed by atoms with Crippen LogP contribution in [0.4, 0.5) is 0 Å². The number of benzene rings is 1. The molecule has 0 aliphatic carbocycles. The number of nitrogens with zero attached hydrogens (tertiary/aromatic N) is 2. The first-order valence-electron chi connectivity index (χ1n) is 10.6. The molecule has 0 bridgehead atoms. The largest absolute Gasteiger partial charge is 0.506 e. The number of phenols is 1. The van der Waals surface area contributed by atoms with Gasteiger partial charge in [-0.3, -0.25) is 14.5 Å². The van der Waals surface area contributed by atoms with Gasteiger partial charge in [-0.25, -0.2) is 0 Å². The molecule has 1 aromatic carbocycles. The standard InChI is InChI=1S/C22H30Br2N2O4/c1-14(11-15-12-17(23)20(27)18(24)13-15)21(28)25-9-6-16(7-10-25)26-8-4-3-5-19(26)22(29)30-2/h12-14,16,19,27H,3-11H2,1-2H3/t14-,19+/m1/s1. The Morgan fingerprint density at radius 1 is 1.13 bits per heavy atom. The summed E-state index contributed by atoms with van der Waals surface area (Å²) in [4.78, 5) is 29.5. The summed E-state index contributed by atoms with van der Waals surface area (Å²) in [7, 11) is 1.46. The van der Waals surface area contributed by atoms with Gasteiger partial charge in [-0.1, -0.05) is 13.3 Å². The zero-order chi connectivity index (χ0) is 21.8. The monoisotopic (exact) mass is 544 g/mol. The highest BCUT2D eigenvalue weighted by Crippen LogP contribution is 2.34. The third-order valence-corrected chi connectivity index (χ3v) is 7.51. The quantitative estimate of drug-likeness (QED) is 0.564. The number of amides is 1. The van der Waals surface area contributed by atoms with Gasteiger partial charge in [0.2, 0.25) is 5.91 Å². The first kappa shape index (κ1) is 23.5. The summed E-state index contributed by atoms with van der Waals surface area (Å²) in [5, 5.41) is 9.88. The van der Waals surface area contributed by atoms with E-state index in [-0.39, 0.29) is 29.6 Å². The molecule has 30 heavy (non-hydrogen) atoms. The van der Waals surface area contributed by atoms with Gasteiger partial charge in [0.1, 0.15) is 11.8 Å². The molecule has 166 valence electrons. The summed E-state index contributed by atoms with van der Waals surface area (Å²) in [6.07, 6.45) is 5.44. The van der Waals surface area contributed by atoms with Crippen molar-refractivity contribution in [2.45, 2.75) is 57.5 Å². The molecule has 0 unspecified atom stereocenters. The number of hydrogen-bond acceptors (Lipinski definition) is 5. The summed E-state index contributed by atoms with van der Waals surface area (Å²) >= 11 is 6.70. The van der Waals surface area contributed by atoms with E-state index < -0.39 is 0 Å². The molecular weight excluding hydrogens is 516 g/mol. The number of piperidine rings is 2. The molecule has 2 saturated heterocycles. The van der Waals surface area contributed by atoms with Gasteiger partial charge >= 0.3 is 5.97 Å². The molecule has 6 nitrogen and oxygen atoms in total. The van der Waals surface area contributed by atoms with Crippen molar-refractivity contribution in [1.82, 2.24) is 9.80 Å². The fourth-order valence-corrected chi connectivity index (χ4v) is 5.97. The highest BCUT2D eigenvalue weighted by Gasteiger charge is 2.36. The van der Waals surface area contributed by atoms with Crippen LogP contribution in [0.25, 0.3) is 0 Å². The molecule has 3 rings (SSSR count). The normalized spacial score (nSPS) is 22.0. The fourth-order valence-electron chi connectivity index (χ4n) is 4.69. The Morgan fingerprint density at radius 3 is 2.37 bits per heavy atom. The highest BCUT2D eigenvalue weighted by molar-refractivity contribution is 9.11. The van der Waals surface area contributed by atoms with Gasteiger partial charge in [0.15, 0.2) is 0 Å². The molecule has 0 aromatic heterocycles. The third-order valence-electron chi connectivity index (χ3n) is 6.30. The van der Waals surface area contributed by atoms with Gasteiger partial charge in [-0.15, -0.1) is 0 Å². The lowest BCUT2D eigenvalue weighted by molar-refractivity contribution is -0.151. The predicted octanol–water partition coefficient (Wildman–Crippen LogP) is 4.11. The molecule has 0 radical (unpaired) electrons. The Kier molecular flexibility index (Phi) is 8.21. The minimum Gasteiger partial charge on any atom is -0.506 e. The van der Waals surface area contributed by atoms with Crippen LogP contribution in [0, 0.1) is 5.92 Å². The van der Waals surface area contributed by atoms with E-state index in [0.29, 0.717) is 21.4 Å². The van der Waals surface area contributed by atoms with Crippen LogP contribution in [0.1, 0.15) is 44.6 Å². The molecule has 2 aliphatic rings. The molecule has 1 N–H and O–H groups in total. The van der Waals surface area contributed by atoms with Gasteiger partial charge in [0.05, 0.1) is 16.1 Å². The average molecular weight is 546 g/mol. The van der Waals surface area contributed by atoms with E-state index in [9.17, 15) is 14.7 Å². The Balaban J connectivity index is 1.56. The number of aromatic hydroxyl groups is 1. The first-order chi connectivity index (χ1) is 14.3. The van der Waals surface area contributed by atoms with Crippen LogP contribution in [0.3, 0.4) is 0 Å². The maximum atomic E-state index is 13.0. The Hall–Kier alpha value is -1.12. The lowest BCUT2D eigenvalue weighted by Crippen LogP contribution is -2.54. The summed E-state index contributed by atoms with van der Waals surface area (Å²) in [5.74, 6) is 0.0652. The van der Waals surface area contributed by atoms with Crippen LogP contribution < -0.4 is 0 Å². The maximum absolute atomic E-state index is 13.0. The maximum Gasteiger partial charge on any atom is 0.323 e. The number of halogens is 2. The number of hydrogen-bond donors (Lipinski definition) is 1. The second-order valence-corrected chi connectivity index (χ2v) is 10.1. The van der Waals surface area contributed by atoms with E-state index in [4.69, 9.17) is 4.74 Å². The fraction of sp³-hybridized carbons (Fsp3) is 0.636. The summed E-state index contributed by atoms with van der Waals surface area (Å²) in [6, 6.07) is 3.91. The van der Waals surface area contributed by atoms with Crippen LogP contribution in [-0.2, 0) is 20.7 Å². The zero-order valence-electron chi connectivity index (χ0n) is 17.6. The van der Waals surface area contributed by atoms with E-state index >= 15 is 0 Å². The number of rotatable bonds is 5. The zero-order valence-corrected chi connectivity index (χ0v) is 20.7. The van der Waals surface area contributed by atoms with Crippen molar-refractivity contribution in [3.63, 3.8) is 0 Å². The second-order valence-electron chi connectivity index (χ2n) is 8.34. The van der Waals surface area contributed by atoms with Gasteiger partial charge in [0.25, 0.3) is 0 Å². The van der Waals surface area contributed by atoms with Crippen molar-refractivity contribution in [3.8, 4) is 5.75 Å². The lowest BCUT2D eigenvalue weighted by Gasteiger charge is -2.43. The molecule has 0 saturated carbocycles. The van der Waals surface area contributed by atoms with Gasteiger partial charge in [-0.2, -0.15) is 0 Å². The number of ether oxygens (including phenoxy) is 1. The highest BCUT2D eigenvalue weighted by atomic mass is 79.9. The molecule has 0 spiro atoms. The van der Waals surface area contributed by atoms with E-state index in [1.54, 1.807) is 0 Å². The van der Waals surface area contributed by atoms with Crippen LogP contribution in [0.2, 0.25) is 0 Å². The minimum absolute atomic E-state index is 0.131. The van der Waals surface area contributed by atoms with E-state index in [1.807, 2.05) is 24.0 Å². The Labute approximate surface area is 195 Å². The number of methoxy groups -OCH3 is 1. The third kappa shape index (κ3) is 5.37. The molecule has 2 heterocycles. The van der Waals surface area contributed by atoms with Gasteiger partial charge in [0, 0.05) is 25.0 Å². The number of carbonyl (C=O) groups is 2. The van der Waals surface area contributed by atoms with Crippen LogP contribution in [0.15, 0.2) is 21.1 Å².